The highest BCUT2D eigenvalue weighted by Gasteiger charge is 2.19. The van der Waals surface area contributed by atoms with Gasteiger partial charge in [-0.1, -0.05) is 38.8 Å². The van der Waals surface area contributed by atoms with Gasteiger partial charge in [-0.25, -0.2) is 9.59 Å². The fourth-order valence-electron chi connectivity index (χ4n) is 3.64. The van der Waals surface area contributed by atoms with Crippen molar-refractivity contribution in [2.24, 2.45) is 5.92 Å². The number of benzene rings is 2. The van der Waals surface area contributed by atoms with Crippen LogP contribution in [-0.2, 0) is 16.0 Å². The topological polar surface area (TPSA) is 97.3 Å². The Bertz CT molecular complexity index is 897. The summed E-state index contributed by atoms with van der Waals surface area (Å²) in [5.41, 5.74) is 1.56. The normalized spacial score (nSPS) is 11.7. The number of aliphatic carboxylic acids is 1. The molecule has 8 heteroatoms. The molecule has 35 heavy (non-hydrogen) atoms. The molecule has 2 aromatic carbocycles. The molecule has 0 fully saturated rings. The zero-order valence-electron chi connectivity index (χ0n) is 21.2. The molecule has 0 heterocycles. The molecule has 0 bridgehead atoms. The highest BCUT2D eigenvalue weighted by molar-refractivity contribution is 5.89. The van der Waals surface area contributed by atoms with E-state index in [1.807, 2.05) is 36.4 Å². The molecule has 0 saturated heterocycles. The Kier molecular flexibility index (Phi) is 11.9. The van der Waals surface area contributed by atoms with Gasteiger partial charge in [0.25, 0.3) is 0 Å². The van der Waals surface area contributed by atoms with Crippen molar-refractivity contribution in [3.8, 4) is 11.5 Å². The van der Waals surface area contributed by atoms with Gasteiger partial charge in [0.2, 0.25) is 0 Å². The number of urea groups is 1. The highest BCUT2D eigenvalue weighted by Crippen LogP contribution is 2.18. The fourth-order valence-corrected chi connectivity index (χ4v) is 3.64. The van der Waals surface area contributed by atoms with Crippen LogP contribution in [0.1, 0.15) is 39.2 Å². The van der Waals surface area contributed by atoms with Gasteiger partial charge in [-0.3, -0.25) is 0 Å². The molecule has 0 spiro atoms. The molecule has 0 radical (unpaired) electrons. The zero-order valence-corrected chi connectivity index (χ0v) is 21.2. The minimum atomic E-state index is -0.974. The maximum absolute atomic E-state index is 13.0. The lowest BCUT2D eigenvalue weighted by molar-refractivity contribution is -0.149. The monoisotopic (exact) mass is 486 g/mol. The van der Waals surface area contributed by atoms with Crippen molar-refractivity contribution in [3.63, 3.8) is 0 Å². The molecule has 2 rings (SSSR count). The highest BCUT2D eigenvalue weighted by atomic mass is 16.5. The number of carbonyl (C=O) groups excluding carboxylic acids is 1. The van der Waals surface area contributed by atoms with Crippen LogP contribution in [0.4, 0.5) is 10.5 Å². The van der Waals surface area contributed by atoms with E-state index in [2.05, 4.69) is 19.2 Å². The third-order valence-corrected chi connectivity index (χ3v) is 5.88. The predicted molar refractivity (Wildman–Crippen MR) is 136 cm³/mol. The van der Waals surface area contributed by atoms with Gasteiger partial charge >= 0.3 is 12.0 Å². The molecule has 192 valence electrons. The molecule has 1 atom stereocenters. The second kappa shape index (κ2) is 14.9. The van der Waals surface area contributed by atoms with Gasteiger partial charge in [0, 0.05) is 25.3 Å². The molecule has 0 aliphatic heterocycles. The quantitative estimate of drug-likeness (QED) is 0.365. The first kappa shape index (κ1) is 28.0. The number of amides is 2. The fraction of sp³-hybridized carbons (Fsp3) is 0.481. The summed E-state index contributed by atoms with van der Waals surface area (Å²) < 4.78 is 16.3. The van der Waals surface area contributed by atoms with Crippen molar-refractivity contribution in [1.82, 2.24) is 4.90 Å². The van der Waals surface area contributed by atoms with E-state index in [1.165, 1.54) is 0 Å². The van der Waals surface area contributed by atoms with Gasteiger partial charge < -0.3 is 29.5 Å². The third kappa shape index (κ3) is 9.48. The summed E-state index contributed by atoms with van der Waals surface area (Å²) >= 11 is 0. The number of nitrogens with zero attached hydrogens (tertiary/aromatic N) is 1. The summed E-state index contributed by atoms with van der Waals surface area (Å²) in [5.74, 6) is 0.823. The first-order chi connectivity index (χ1) is 16.9. The minimum Gasteiger partial charge on any atom is -0.497 e. The van der Waals surface area contributed by atoms with Gasteiger partial charge in [-0.05, 0) is 54.8 Å². The molecular formula is C27H38N2O6. The molecule has 2 aromatic rings. The Morgan fingerprint density at radius 2 is 1.60 bits per heavy atom. The number of methoxy groups -OCH3 is 1. The van der Waals surface area contributed by atoms with Crippen molar-refractivity contribution in [2.75, 3.05) is 38.7 Å². The Morgan fingerprint density at radius 1 is 0.971 bits per heavy atom. The van der Waals surface area contributed by atoms with E-state index in [0.717, 1.165) is 24.2 Å². The van der Waals surface area contributed by atoms with Crippen LogP contribution >= 0.6 is 0 Å². The molecule has 0 aromatic heterocycles. The van der Waals surface area contributed by atoms with Crippen LogP contribution in [0.3, 0.4) is 0 Å². The Labute approximate surface area is 208 Å². The summed E-state index contributed by atoms with van der Waals surface area (Å²) in [4.78, 5) is 26.1. The number of rotatable bonds is 15. The van der Waals surface area contributed by atoms with Crippen LogP contribution in [-0.4, -0.2) is 61.5 Å². The SMILES string of the molecule is CCOC(Cc1ccc(OCCN(CC(CC)CC)C(=O)Nc2ccc(OC)cc2)cc1)C(=O)O. The van der Waals surface area contributed by atoms with E-state index in [-0.39, 0.29) is 12.5 Å². The molecule has 2 amide bonds. The summed E-state index contributed by atoms with van der Waals surface area (Å²) in [6.45, 7) is 7.80. The molecular weight excluding hydrogens is 448 g/mol. The second-order valence-corrected chi connectivity index (χ2v) is 8.27. The van der Waals surface area contributed by atoms with E-state index < -0.39 is 12.1 Å². The molecule has 0 saturated carbocycles. The van der Waals surface area contributed by atoms with Crippen molar-refractivity contribution >= 4 is 17.7 Å². The number of hydrogen-bond donors (Lipinski definition) is 2. The average molecular weight is 487 g/mol. The van der Waals surface area contributed by atoms with Crippen LogP contribution in [0, 0.1) is 5.92 Å². The lowest BCUT2D eigenvalue weighted by atomic mass is 10.0. The van der Waals surface area contributed by atoms with E-state index in [1.54, 1.807) is 31.1 Å². The molecule has 0 aliphatic carbocycles. The minimum absolute atomic E-state index is 0.170. The number of ether oxygens (including phenoxy) is 3. The molecule has 0 aliphatic rings. The smallest absolute Gasteiger partial charge is 0.333 e. The number of carboxylic acid groups (broad SMARTS) is 1. The summed E-state index contributed by atoms with van der Waals surface area (Å²) in [7, 11) is 1.60. The molecule has 1 unspecified atom stereocenters. The average Bonchev–Trinajstić information content (AvgIpc) is 2.87. The third-order valence-electron chi connectivity index (χ3n) is 5.88. The molecule has 8 nitrogen and oxygen atoms in total. The van der Waals surface area contributed by atoms with Crippen molar-refractivity contribution in [2.45, 2.75) is 46.1 Å². The van der Waals surface area contributed by atoms with Crippen LogP contribution < -0.4 is 14.8 Å². The van der Waals surface area contributed by atoms with Crippen molar-refractivity contribution in [1.29, 1.82) is 0 Å². The first-order valence-corrected chi connectivity index (χ1v) is 12.2. The summed E-state index contributed by atoms with van der Waals surface area (Å²) in [6.07, 6.45) is 1.40. The van der Waals surface area contributed by atoms with Gasteiger partial charge in [-0.2, -0.15) is 0 Å². The van der Waals surface area contributed by atoms with E-state index in [0.29, 0.717) is 43.7 Å². The van der Waals surface area contributed by atoms with Crippen LogP contribution in [0.15, 0.2) is 48.5 Å². The lowest BCUT2D eigenvalue weighted by Gasteiger charge is -2.27. The number of carboxylic acids is 1. The maximum Gasteiger partial charge on any atom is 0.333 e. The van der Waals surface area contributed by atoms with Gasteiger partial charge in [0.05, 0.1) is 13.7 Å². The number of anilines is 1. The summed E-state index contributed by atoms with van der Waals surface area (Å²) in [5, 5.41) is 12.2. The molecule has 2 N–H and O–H groups in total. The van der Waals surface area contributed by atoms with Crippen LogP contribution in [0.25, 0.3) is 0 Å². The van der Waals surface area contributed by atoms with E-state index >= 15 is 0 Å². The van der Waals surface area contributed by atoms with E-state index in [4.69, 9.17) is 14.2 Å². The van der Waals surface area contributed by atoms with Crippen LogP contribution in [0.2, 0.25) is 0 Å². The Hall–Kier alpha value is -3.26. The van der Waals surface area contributed by atoms with Gasteiger partial charge in [0.15, 0.2) is 6.10 Å². The predicted octanol–water partition coefficient (Wildman–Crippen LogP) is 5.08. The number of carbonyl (C=O) groups is 2. The van der Waals surface area contributed by atoms with Crippen molar-refractivity contribution < 1.29 is 28.9 Å². The first-order valence-electron chi connectivity index (χ1n) is 12.2. The second-order valence-electron chi connectivity index (χ2n) is 8.27. The van der Waals surface area contributed by atoms with E-state index in [9.17, 15) is 14.7 Å². The summed E-state index contributed by atoms with van der Waals surface area (Å²) in [6, 6.07) is 14.4. The van der Waals surface area contributed by atoms with Crippen molar-refractivity contribution in [3.05, 3.63) is 54.1 Å². The Morgan fingerprint density at radius 3 is 2.14 bits per heavy atom. The lowest BCUT2D eigenvalue weighted by Crippen LogP contribution is -2.40. The van der Waals surface area contributed by atoms with Gasteiger partial charge in [-0.15, -0.1) is 0 Å². The van der Waals surface area contributed by atoms with Crippen LogP contribution in [0.5, 0.6) is 11.5 Å². The standard InChI is InChI=1S/C27H38N2O6/c1-5-20(6-2)19-29(27(32)28-22-10-14-23(33-4)15-11-22)16-17-35-24-12-8-21(9-13-24)18-25(26(30)31)34-7-3/h8-15,20,25H,5-7,16-19H2,1-4H3,(H,28,32)(H,30,31). The number of hydrogen-bond acceptors (Lipinski definition) is 5. The Balaban J connectivity index is 1.95. The van der Waals surface area contributed by atoms with Gasteiger partial charge in [0.1, 0.15) is 18.1 Å². The largest absolute Gasteiger partial charge is 0.497 e. The number of nitrogens with one attached hydrogen (secondary N) is 1. The maximum atomic E-state index is 13.0. The zero-order chi connectivity index (χ0) is 25.6.